The van der Waals surface area contributed by atoms with Crippen LogP contribution in [0.4, 0.5) is 0 Å². The first-order chi connectivity index (χ1) is 6.95. The lowest BCUT2D eigenvalue weighted by atomic mass is 10.1. The minimum absolute atomic E-state index is 0.454. The summed E-state index contributed by atoms with van der Waals surface area (Å²) in [5, 5.41) is 4.30. The quantitative estimate of drug-likeness (QED) is 0.664. The van der Waals surface area contributed by atoms with Gasteiger partial charge < -0.3 is 4.74 Å². The van der Waals surface area contributed by atoms with Gasteiger partial charge in [0.2, 0.25) is 0 Å². The van der Waals surface area contributed by atoms with Gasteiger partial charge in [-0.05, 0) is 5.56 Å². The van der Waals surface area contributed by atoms with E-state index < -0.39 is 0 Å². The van der Waals surface area contributed by atoms with Gasteiger partial charge in [0.25, 0.3) is 0 Å². The fourth-order valence-electron chi connectivity index (χ4n) is 1.89. The first-order valence-corrected chi connectivity index (χ1v) is 4.65. The molecular weight excluding hydrogens is 176 g/mol. The molecule has 0 bridgehead atoms. The molecule has 0 unspecified atom stereocenters. The minimum Gasteiger partial charge on any atom is -0.479 e. The number of rotatable bonds is 0. The second kappa shape index (κ2) is 2.87. The second-order valence-corrected chi connectivity index (χ2v) is 3.41. The lowest BCUT2D eigenvalue weighted by Crippen LogP contribution is -2.09. The van der Waals surface area contributed by atoms with Gasteiger partial charge in [-0.1, -0.05) is 24.3 Å². The predicted molar refractivity (Wildman–Crippen MR) is 53.9 cm³/mol. The normalized spacial score (nSPS) is 18.0. The predicted octanol–water partition coefficient (Wildman–Crippen LogP) is 1.41. The van der Waals surface area contributed by atoms with Crippen LogP contribution in [0.1, 0.15) is 11.1 Å². The van der Waals surface area contributed by atoms with Crippen LogP contribution < -0.4 is 5.43 Å². The van der Waals surface area contributed by atoms with Gasteiger partial charge in [-0.2, -0.15) is 5.10 Å². The lowest BCUT2D eigenvalue weighted by Gasteiger charge is -1.98. The molecule has 1 N–H and O–H groups in total. The molecule has 0 atom stereocenters. The van der Waals surface area contributed by atoms with Crippen molar-refractivity contribution in [3.8, 4) is 0 Å². The molecule has 0 amide bonds. The Morgan fingerprint density at radius 3 is 3.21 bits per heavy atom. The van der Waals surface area contributed by atoms with Crippen LogP contribution in [0.25, 0.3) is 0 Å². The molecule has 1 aromatic carbocycles. The summed E-state index contributed by atoms with van der Waals surface area (Å²) in [5.41, 5.74) is 7.61. The Labute approximate surface area is 82.1 Å². The summed E-state index contributed by atoms with van der Waals surface area (Å²) in [6, 6.07) is 8.32. The molecule has 0 saturated heterocycles. The van der Waals surface area contributed by atoms with Gasteiger partial charge in [0.1, 0.15) is 0 Å². The fraction of sp³-hybridized carbons (Fsp3) is 0.182. The second-order valence-electron chi connectivity index (χ2n) is 3.41. The van der Waals surface area contributed by atoms with Crippen molar-refractivity contribution >= 4 is 5.71 Å². The molecule has 2 aliphatic rings. The van der Waals surface area contributed by atoms with Crippen molar-refractivity contribution in [1.82, 2.24) is 5.43 Å². The molecule has 3 rings (SSSR count). The Kier molecular flexibility index (Phi) is 1.56. The maximum absolute atomic E-state index is 5.25. The highest BCUT2D eigenvalue weighted by Crippen LogP contribution is 2.27. The van der Waals surface area contributed by atoms with Crippen LogP contribution in [0.5, 0.6) is 0 Å². The highest BCUT2D eigenvalue weighted by molar-refractivity contribution is 6.16. The number of allylic oxidation sites excluding steroid dienone is 1. The van der Waals surface area contributed by atoms with Crippen LogP contribution >= 0.6 is 0 Å². The molecule has 0 radical (unpaired) electrons. The molecule has 3 heteroatoms. The molecule has 14 heavy (non-hydrogen) atoms. The third kappa shape index (κ3) is 1.02. The Hall–Kier alpha value is -1.77. The van der Waals surface area contributed by atoms with Crippen molar-refractivity contribution in [2.75, 3.05) is 6.73 Å². The number of hydrogen-bond acceptors (Lipinski definition) is 3. The standard InChI is InChI=1S/C11H10N2O/c1-2-4-10-8(3-1)5-9-6-14-7-12-13-11(9)10/h1-4,6,12H,5,7H2. The number of nitrogens with one attached hydrogen (secondary N) is 1. The zero-order valence-electron chi connectivity index (χ0n) is 7.66. The monoisotopic (exact) mass is 186 g/mol. The minimum atomic E-state index is 0.454. The number of fused-ring (bicyclic) bond motifs is 3. The van der Waals surface area contributed by atoms with Gasteiger partial charge >= 0.3 is 0 Å². The number of hydrogen-bond donors (Lipinski definition) is 1. The lowest BCUT2D eigenvalue weighted by molar-refractivity contribution is 0.225. The van der Waals surface area contributed by atoms with Gasteiger partial charge in [-0.25, -0.2) is 0 Å². The third-order valence-electron chi connectivity index (χ3n) is 2.52. The summed E-state index contributed by atoms with van der Waals surface area (Å²) < 4.78 is 5.25. The molecule has 3 nitrogen and oxygen atoms in total. The van der Waals surface area contributed by atoms with E-state index in [9.17, 15) is 0 Å². The van der Waals surface area contributed by atoms with Crippen molar-refractivity contribution < 1.29 is 4.74 Å². The van der Waals surface area contributed by atoms with E-state index in [2.05, 4.69) is 28.7 Å². The van der Waals surface area contributed by atoms with Crippen molar-refractivity contribution in [1.29, 1.82) is 0 Å². The average Bonchev–Trinajstić information content (AvgIpc) is 2.42. The topological polar surface area (TPSA) is 33.6 Å². The van der Waals surface area contributed by atoms with Crippen LogP contribution in [-0.4, -0.2) is 12.4 Å². The summed E-state index contributed by atoms with van der Waals surface area (Å²) in [6.45, 7) is 0.454. The third-order valence-corrected chi connectivity index (χ3v) is 2.52. The van der Waals surface area contributed by atoms with E-state index in [1.807, 2.05) is 6.07 Å². The Morgan fingerprint density at radius 2 is 2.21 bits per heavy atom. The summed E-state index contributed by atoms with van der Waals surface area (Å²) in [4.78, 5) is 0. The van der Waals surface area contributed by atoms with Gasteiger partial charge in [-0.3, -0.25) is 5.43 Å². The average molecular weight is 186 g/mol. The molecule has 0 fully saturated rings. The van der Waals surface area contributed by atoms with Gasteiger partial charge in [0, 0.05) is 17.6 Å². The van der Waals surface area contributed by atoms with Crippen LogP contribution in [0.15, 0.2) is 41.2 Å². The van der Waals surface area contributed by atoms with E-state index in [1.54, 1.807) is 6.26 Å². The fourth-order valence-corrected chi connectivity index (χ4v) is 1.89. The number of hydrazone groups is 1. The Balaban J connectivity index is 2.17. The number of ether oxygens (including phenoxy) is 1. The maximum atomic E-state index is 5.25. The number of benzene rings is 1. The first kappa shape index (κ1) is 7.62. The summed E-state index contributed by atoms with van der Waals surface area (Å²) >= 11 is 0. The zero-order valence-corrected chi connectivity index (χ0v) is 7.66. The molecular formula is C11H10N2O. The number of nitrogens with zero attached hydrogens (tertiary/aromatic N) is 1. The molecule has 1 heterocycles. The molecule has 0 spiro atoms. The van der Waals surface area contributed by atoms with Crippen molar-refractivity contribution in [2.24, 2.45) is 5.10 Å². The van der Waals surface area contributed by atoms with Crippen molar-refractivity contribution in [2.45, 2.75) is 6.42 Å². The van der Waals surface area contributed by atoms with Crippen LogP contribution in [0, 0.1) is 0 Å². The summed E-state index contributed by atoms with van der Waals surface area (Å²) in [7, 11) is 0. The molecule has 0 aromatic heterocycles. The molecule has 1 aromatic rings. The molecule has 0 saturated carbocycles. The van der Waals surface area contributed by atoms with E-state index in [0.29, 0.717) is 6.73 Å². The molecule has 1 aliphatic carbocycles. The smallest absolute Gasteiger partial charge is 0.172 e. The van der Waals surface area contributed by atoms with Crippen molar-refractivity contribution in [3.63, 3.8) is 0 Å². The summed E-state index contributed by atoms with van der Waals surface area (Å²) in [5.74, 6) is 0. The highest BCUT2D eigenvalue weighted by Gasteiger charge is 2.23. The van der Waals surface area contributed by atoms with E-state index in [4.69, 9.17) is 4.74 Å². The molecule has 1 aliphatic heterocycles. The maximum Gasteiger partial charge on any atom is 0.172 e. The van der Waals surface area contributed by atoms with Crippen LogP contribution in [0.3, 0.4) is 0 Å². The van der Waals surface area contributed by atoms with Gasteiger partial charge in [0.05, 0.1) is 12.0 Å². The van der Waals surface area contributed by atoms with E-state index in [0.717, 1.165) is 17.7 Å². The summed E-state index contributed by atoms with van der Waals surface area (Å²) in [6.07, 6.45) is 2.73. The van der Waals surface area contributed by atoms with Gasteiger partial charge in [0.15, 0.2) is 6.73 Å². The van der Waals surface area contributed by atoms with Crippen LogP contribution in [-0.2, 0) is 11.2 Å². The van der Waals surface area contributed by atoms with Gasteiger partial charge in [-0.15, -0.1) is 0 Å². The van der Waals surface area contributed by atoms with E-state index in [-0.39, 0.29) is 0 Å². The van der Waals surface area contributed by atoms with E-state index >= 15 is 0 Å². The SMILES string of the molecule is C1=C2Cc3ccccc3C2=NNCO1. The first-order valence-electron chi connectivity index (χ1n) is 4.65. The van der Waals surface area contributed by atoms with E-state index in [1.165, 1.54) is 11.1 Å². The zero-order chi connectivity index (χ0) is 9.38. The molecule has 70 valence electrons. The Bertz CT molecular complexity index is 435. The highest BCUT2D eigenvalue weighted by atomic mass is 16.5. The largest absolute Gasteiger partial charge is 0.479 e. The van der Waals surface area contributed by atoms with Crippen LogP contribution in [0.2, 0.25) is 0 Å². The Morgan fingerprint density at radius 1 is 1.29 bits per heavy atom. The van der Waals surface area contributed by atoms with Crippen molar-refractivity contribution in [3.05, 3.63) is 47.2 Å².